The Morgan fingerprint density at radius 1 is 0.923 bits per heavy atom. The smallest absolute Gasteiger partial charge is 0.338 e. The van der Waals surface area contributed by atoms with Gasteiger partial charge in [-0.1, -0.05) is 42.5 Å². The van der Waals surface area contributed by atoms with Crippen molar-refractivity contribution in [3.05, 3.63) is 100 Å². The fourth-order valence-corrected chi connectivity index (χ4v) is 5.34. The van der Waals surface area contributed by atoms with Crippen molar-refractivity contribution in [2.24, 2.45) is 11.8 Å². The number of fused-ring (bicyclic) bond motifs is 1. The molecule has 0 spiro atoms. The lowest BCUT2D eigenvalue weighted by molar-refractivity contribution is -0.384. The second-order valence-electron chi connectivity index (χ2n) is 9.63. The van der Waals surface area contributed by atoms with Crippen LogP contribution in [-0.4, -0.2) is 35.2 Å². The zero-order valence-electron chi connectivity index (χ0n) is 20.8. The second-order valence-corrected chi connectivity index (χ2v) is 9.63. The fourth-order valence-electron chi connectivity index (χ4n) is 5.34. The fraction of sp³-hybridized carbons (Fsp3) is 0.241. The minimum atomic E-state index is -0.813. The number of nitrogens with zero attached hydrogens (tertiary/aromatic N) is 2. The Labute approximate surface area is 223 Å². The van der Waals surface area contributed by atoms with E-state index in [1.165, 1.54) is 36.4 Å². The number of non-ortho nitro benzene ring substituents is 1. The average Bonchev–Trinajstić information content (AvgIpc) is 3.21. The van der Waals surface area contributed by atoms with Crippen molar-refractivity contribution >= 4 is 40.8 Å². The number of amides is 3. The first-order valence-corrected chi connectivity index (χ1v) is 12.6. The summed E-state index contributed by atoms with van der Waals surface area (Å²) in [7, 11) is 0. The third kappa shape index (κ3) is 5.40. The molecule has 10 heteroatoms. The maximum absolute atomic E-state index is 13.4. The Morgan fingerprint density at radius 3 is 2.44 bits per heavy atom. The first kappa shape index (κ1) is 25.8. The molecule has 0 radical (unpaired) electrons. The van der Waals surface area contributed by atoms with Crippen LogP contribution in [0.3, 0.4) is 0 Å². The van der Waals surface area contributed by atoms with Crippen LogP contribution >= 0.6 is 0 Å². The van der Waals surface area contributed by atoms with E-state index in [0.717, 1.165) is 16.9 Å². The van der Waals surface area contributed by atoms with E-state index in [-0.39, 0.29) is 46.3 Å². The number of carbonyl (C=O) groups excluding carboxylic acids is 4. The van der Waals surface area contributed by atoms with Crippen LogP contribution in [0.4, 0.5) is 17.1 Å². The van der Waals surface area contributed by atoms with E-state index in [4.69, 9.17) is 4.74 Å². The predicted molar refractivity (Wildman–Crippen MR) is 141 cm³/mol. The topological polar surface area (TPSA) is 136 Å². The molecule has 198 valence electrons. The molecule has 1 N–H and O–H groups in total. The molecule has 1 aliphatic carbocycles. The standard InChI is InChI=1S/C29H25N3O7/c33-26(30-21-9-5-11-23(16-21)32(37)38)17-39-29(36)20-8-4-10-22(14-20)31-27(34)24-13-12-19(15-25(24)28(31)35)18-6-2-1-3-7-18/h1-11,14,16,19,24-25H,12-13,15,17H2,(H,30,33)/t19-,24+,25-/m0/s1. The minimum Gasteiger partial charge on any atom is -0.452 e. The summed E-state index contributed by atoms with van der Waals surface area (Å²) < 4.78 is 5.10. The van der Waals surface area contributed by atoms with Crippen molar-refractivity contribution in [2.45, 2.75) is 25.2 Å². The normalized spacial score (nSPS) is 20.3. The largest absolute Gasteiger partial charge is 0.452 e. The van der Waals surface area contributed by atoms with Crippen molar-refractivity contribution in [3.8, 4) is 0 Å². The number of carbonyl (C=O) groups is 4. The van der Waals surface area contributed by atoms with Gasteiger partial charge in [-0.2, -0.15) is 0 Å². The Bertz CT molecular complexity index is 1460. The van der Waals surface area contributed by atoms with Crippen LogP contribution in [0.5, 0.6) is 0 Å². The molecule has 3 amide bonds. The molecule has 5 rings (SSSR count). The summed E-state index contributed by atoms with van der Waals surface area (Å²) in [4.78, 5) is 62.9. The summed E-state index contributed by atoms with van der Waals surface area (Å²) in [5.41, 5.74) is 1.52. The molecule has 0 aromatic heterocycles. The maximum Gasteiger partial charge on any atom is 0.338 e. The molecule has 1 saturated heterocycles. The molecule has 3 aromatic carbocycles. The molecule has 2 fully saturated rings. The summed E-state index contributed by atoms with van der Waals surface area (Å²) in [6, 6.07) is 21.4. The minimum absolute atomic E-state index is 0.0771. The van der Waals surface area contributed by atoms with E-state index in [1.807, 2.05) is 30.3 Å². The first-order chi connectivity index (χ1) is 18.8. The molecule has 10 nitrogen and oxygen atoms in total. The predicted octanol–water partition coefficient (Wildman–Crippen LogP) is 4.46. The summed E-state index contributed by atoms with van der Waals surface area (Å²) in [6.45, 7) is -0.627. The van der Waals surface area contributed by atoms with Crippen LogP contribution in [0.15, 0.2) is 78.9 Å². The van der Waals surface area contributed by atoms with Gasteiger partial charge in [0.2, 0.25) is 11.8 Å². The third-order valence-corrected chi connectivity index (χ3v) is 7.21. The highest BCUT2D eigenvalue weighted by Crippen LogP contribution is 2.45. The van der Waals surface area contributed by atoms with Gasteiger partial charge >= 0.3 is 5.97 Å². The Kier molecular flexibility index (Phi) is 7.18. The molecular formula is C29H25N3O7. The van der Waals surface area contributed by atoms with Gasteiger partial charge in [-0.15, -0.1) is 0 Å². The van der Waals surface area contributed by atoms with Crippen LogP contribution in [0.1, 0.15) is 41.1 Å². The van der Waals surface area contributed by atoms with Crippen molar-refractivity contribution in [3.63, 3.8) is 0 Å². The lowest BCUT2D eigenvalue weighted by Gasteiger charge is -2.28. The summed E-state index contributed by atoms with van der Waals surface area (Å²) in [5, 5.41) is 13.3. The third-order valence-electron chi connectivity index (χ3n) is 7.21. The molecule has 1 saturated carbocycles. The first-order valence-electron chi connectivity index (χ1n) is 12.6. The van der Waals surface area contributed by atoms with E-state index in [2.05, 4.69) is 5.32 Å². The number of benzene rings is 3. The van der Waals surface area contributed by atoms with Gasteiger partial charge in [0.15, 0.2) is 6.61 Å². The van der Waals surface area contributed by atoms with Gasteiger partial charge in [-0.05, 0) is 55.0 Å². The number of hydrogen-bond acceptors (Lipinski definition) is 7. The molecule has 1 aliphatic heterocycles. The molecule has 3 atom stereocenters. The summed E-state index contributed by atoms with van der Waals surface area (Å²) >= 11 is 0. The number of nitrogens with one attached hydrogen (secondary N) is 1. The van der Waals surface area contributed by atoms with Crippen LogP contribution in [0.2, 0.25) is 0 Å². The van der Waals surface area contributed by atoms with Gasteiger partial charge in [-0.25, -0.2) is 4.79 Å². The number of nitro benzene ring substituents is 1. The van der Waals surface area contributed by atoms with Crippen molar-refractivity contribution < 1.29 is 28.8 Å². The molecular weight excluding hydrogens is 502 g/mol. The highest BCUT2D eigenvalue weighted by molar-refractivity contribution is 6.22. The highest BCUT2D eigenvalue weighted by atomic mass is 16.6. The summed E-state index contributed by atoms with van der Waals surface area (Å²) in [6.07, 6.45) is 2.03. The summed E-state index contributed by atoms with van der Waals surface area (Å²) in [5.74, 6) is -2.62. The average molecular weight is 528 g/mol. The SMILES string of the molecule is O=C(COC(=O)c1cccc(N2C(=O)[C@H]3C[C@@H](c4ccccc4)CC[C@H]3C2=O)c1)Nc1cccc([N+](=O)[O-])c1. The van der Waals surface area contributed by atoms with Crippen LogP contribution in [0.25, 0.3) is 0 Å². The number of rotatable bonds is 7. The van der Waals surface area contributed by atoms with E-state index in [1.54, 1.807) is 12.1 Å². The van der Waals surface area contributed by atoms with Gasteiger partial charge in [0.25, 0.3) is 11.6 Å². The van der Waals surface area contributed by atoms with Gasteiger partial charge < -0.3 is 10.1 Å². The number of ether oxygens (including phenoxy) is 1. The van der Waals surface area contributed by atoms with Crippen molar-refractivity contribution in [1.82, 2.24) is 0 Å². The van der Waals surface area contributed by atoms with Crippen molar-refractivity contribution in [2.75, 3.05) is 16.8 Å². The van der Waals surface area contributed by atoms with Crippen molar-refractivity contribution in [1.29, 1.82) is 0 Å². The number of imide groups is 1. The highest BCUT2D eigenvalue weighted by Gasteiger charge is 2.50. The Balaban J connectivity index is 1.23. The number of nitro groups is 1. The van der Waals surface area contributed by atoms with Gasteiger partial charge in [0.1, 0.15) is 0 Å². The van der Waals surface area contributed by atoms with E-state index >= 15 is 0 Å². The number of esters is 1. The van der Waals surface area contributed by atoms with Crippen LogP contribution < -0.4 is 10.2 Å². The zero-order valence-corrected chi connectivity index (χ0v) is 20.8. The van der Waals surface area contributed by atoms with Gasteiger partial charge in [-0.3, -0.25) is 29.4 Å². The van der Waals surface area contributed by atoms with E-state index < -0.39 is 29.3 Å². The quantitative estimate of drug-likeness (QED) is 0.207. The molecule has 1 heterocycles. The number of hydrogen-bond donors (Lipinski definition) is 1. The van der Waals surface area contributed by atoms with Gasteiger partial charge in [0, 0.05) is 17.8 Å². The number of anilines is 2. The Morgan fingerprint density at radius 2 is 1.67 bits per heavy atom. The second kappa shape index (κ2) is 10.9. The van der Waals surface area contributed by atoms with Crippen LogP contribution in [-0.2, 0) is 19.1 Å². The zero-order chi connectivity index (χ0) is 27.5. The van der Waals surface area contributed by atoms with E-state index in [0.29, 0.717) is 12.8 Å². The van der Waals surface area contributed by atoms with Gasteiger partial charge in [0.05, 0.1) is 28.0 Å². The maximum atomic E-state index is 13.4. The molecule has 3 aromatic rings. The lowest BCUT2D eigenvalue weighted by Crippen LogP contribution is -2.31. The molecule has 0 bridgehead atoms. The Hall–Kier alpha value is -4.86. The lowest BCUT2D eigenvalue weighted by atomic mass is 9.73. The monoisotopic (exact) mass is 527 g/mol. The molecule has 2 aliphatic rings. The molecule has 39 heavy (non-hydrogen) atoms. The molecule has 0 unspecified atom stereocenters. The van der Waals surface area contributed by atoms with E-state index in [9.17, 15) is 29.3 Å². The van der Waals surface area contributed by atoms with Crippen LogP contribution in [0, 0.1) is 22.0 Å².